The second-order valence-corrected chi connectivity index (χ2v) is 5.59. The summed E-state index contributed by atoms with van der Waals surface area (Å²) in [6.45, 7) is 5.74. The monoisotopic (exact) mass is 266 g/mol. The van der Waals surface area contributed by atoms with E-state index in [2.05, 4.69) is 27.1 Å². The zero-order valence-electron chi connectivity index (χ0n) is 10.7. The Morgan fingerprint density at radius 1 is 1.39 bits per heavy atom. The summed E-state index contributed by atoms with van der Waals surface area (Å²) in [6, 6.07) is 0.517. The van der Waals surface area contributed by atoms with E-state index in [-0.39, 0.29) is 0 Å². The standard InChI is InChI=1S/C13H19ClN4/c1-2-10-12(14)15-8-16-13(10)17-11-7-18-5-3-9(11)4-6-18/h8-9,11H,2-7H2,1H3,(H,15,16,17). The summed E-state index contributed by atoms with van der Waals surface area (Å²) in [6.07, 6.45) is 5.02. The predicted molar refractivity (Wildman–Crippen MR) is 73.0 cm³/mol. The van der Waals surface area contributed by atoms with Crippen LogP contribution in [-0.4, -0.2) is 40.5 Å². The molecule has 2 bridgehead atoms. The van der Waals surface area contributed by atoms with E-state index in [9.17, 15) is 0 Å². The van der Waals surface area contributed by atoms with Crippen LogP contribution < -0.4 is 5.32 Å². The van der Waals surface area contributed by atoms with Crippen LogP contribution in [0.4, 0.5) is 5.82 Å². The lowest BCUT2D eigenvalue weighted by Gasteiger charge is -2.45. The summed E-state index contributed by atoms with van der Waals surface area (Å²) in [5.74, 6) is 1.71. The van der Waals surface area contributed by atoms with Crippen molar-refractivity contribution in [3.05, 3.63) is 17.0 Å². The fourth-order valence-electron chi connectivity index (χ4n) is 3.13. The highest BCUT2D eigenvalue weighted by molar-refractivity contribution is 6.30. The third kappa shape index (κ3) is 2.19. The molecule has 0 aliphatic carbocycles. The van der Waals surface area contributed by atoms with Crippen molar-refractivity contribution in [1.29, 1.82) is 0 Å². The van der Waals surface area contributed by atoms with Crippen LogP contribution >= 0.6 is 11.6 Å². The second-order valence-electron chi connectivity index (χ2n) is 5.23. The zero-order valence-corrected chi connectivity index (χ0v) is 11.5. The average Bonchev–Trinajstić information content (AvgIpc) is 2.40. The summed E-state index contributed by atoms with van der Waals surface area (Å²) >= 11 is 6.12. The van der Waals surface area contributed by atoms with Gasteiger partial charge >= 0.3 is 0 Å². The summed E-state index contributed by atoms with van der Waals surface area (Å²) in [5.41, 5.74) is 1.04. The number of anilines is 1. The van der Waals surface area contributed by atoms with Crippen LogP contribution in [0.15, 0.2) is 6.33 Å². The van der Waals surface area contributed by atoms with Crippen molar-refractivity contribution < 1.29 is 0 Å². The van der Waals surface area contributed by atoms with Crippen LogP contribution in [0.2, 0.25) is 5.15 Å². The summed E-state index contributed by atoms with van der Waals surface area (Å²) in [7, 11) is 0. The Hall–Kier alpha value is -0.870. The first kappa shape index (κ1) is 12.2. The van der Waals surface area contributed by atoms with Crippen LogP contribution in [0.5, 0.6) is 0 Å². The van der Waals surface area contributed by atoms with Gasteiger partial charge in [0, 0.05) is 18.2 Å². The van der Waals surface area contributed by atoms with Gasteiger partial charge in [0.05, 0.1) is 0 Å². The Bertz CT molecular complexity index is 429. The molecule has 3 fully saturated rings. The molecular formula is C13H19ClN4. The molecule has 1 N–H and O–H groups in total. The molecule has 0 spiro atoms. The smallest absolute Gasteiger partial charge is 0.137 e. The number of rotatable bonds is 3. The van der Waals surface area contributed by atoms with Gasteiger partial charge in [0.1, 0.15) is 17.3 Å². The molecule has 4 rings (SSSR count). The van der Waals surface area contributed by atoms with Crippen LogP contribution in [0.25, 0.3) is 0 Å². The molecule has 3 aliphatic rings. The first-order chi connectivity index (χ1) is 8.78. The second kappa shape index (κ2) is 5.02. The van der Waals surface area contributed by atoms with Crippen LogP contribution in [-0.2, 0) is 6.42 Å². The minimum atomic E-state index is 0.517. The SMILES string of the molecule is CCc1c(Cl)ncnc1NC1CN2CCC1CC2. The van der Waals surface area contributed by atoms with Gasteiger partial charge in [-0.05, 0) is 38.3 Å². The van der Waals surface area contributed by atoms with E-state index < -0.39 is 0 Å². The Balaban J connectivity index is 1.78. The first-order valence-corrected chi connectivity index (χ1v) is 7.14. The van der Waals surface area contributed by atoms with Crippen molar-refractivity contribution in [3.63, 3.8) is 0 Å². The Morgan fingerprint density at radius 3 is 2.78 bits per heavy atom. The average molecular weight is 267 g/mol. The quantitative estimate of drug-likeness (QED) is 0.852. The number of hydrogen-bond donors (Lipinski definition) is 1. The van der Waals surface area contributed by atoms with Crippen LogP contribution in [0.3, 0.4) is 0 Å². The van der Waals surface area contributed by atoms with Crippen molar-refractivity contribution in [2.75, 3.05) is 25.0 Å². The van der Waals surface area contributed by atoms with Crippen LogP contribution in [0, 0.1) is 5.92 Å². The summed E-state index contributed by atoms with van der Waals surface area (Å²) in [5, 5.41) is 4.18. The van der Waals surface area contributed by atoms with Gasteiger partial charge in [-0.1, -0.05) is 18.5 Å². The fraction of sp³-hybridized carbons (Fsp3) is 0.692. The van der Waals surface area contributed by atoms with Gasteiger partial charge in [0.25, 0.3) is 0 Å². The van der Waals surface area contributed by atoms with E-state index in [1.807, 2.05) is 0 Å². The number of hydrogen-bond acceptors (Lipinski definition) is 4. The first-order valence-electron chi connectivity index (χ1n) is 6.76. The maximum Gasteiger partial charge on any atom is 0.137 e. The molecule has 3 aliphatic heterocycles. The number of piperidine rings is 3. The fourth-order valence-corrected chi connectivity index (χ4v) is 3.40. The van der Waals surface area contributed by atoms with Crippen molar-refractivity contribution >= 4 is 17.4 Å². The van der Waals surface area contributed by atoms with Gasteiger partial charge < -0.3 is 10.2 Å². The Labute approximate surface area is 113 Å². The van der Waals surface area contributed by atoms with Gasteiger partial charge in [-0.3, -0.25) is 0 Å². The molecule has 98 valence electrons. The third-order valence-electron chi connectivity index (χ3n) is 4.22. The molecule has 1 aromatic heterocycles. The van der Waals surface area contributed by atoms with Gasteiger partial charge in [-0.15, -0.1) is 0 Å². The number of aromatic nitrogens is 2. The van der Waals surface area contributed by atoms with Gasteiger partial charge in [0.15, 0.2) is 0 Å². The molecule has 4 nitrogen and oxygen atoms in total. The highest BCUT2D eigenvalue weighted by Gasteiger charge is 2.34. The van der Waals surface area contributed by atoms with E-state index in [1.165, 1.54) is 25.9 Å². The highest BCUT2D eigenvalue weighted by atomic mass is 35.5. The third-order valence-corrected chi connectivity index (χ3v) is 4.55. The molecule has 0 saturated carbocycles. The molecule has 0 aromatic carbocycles. The predicted octanol–water partition coefficient (Wildman–Crippen LogP) is 2.20. The molecule has 3 saturated heterocycles. The summed E-state index contributed by atoms with van der Waals surface area (Å²) < 4.78 is 0. The largest absolute Gasteiger partial charge is 0.365 e. The number of nitrogens with one attached hydrogen (secondary N) is 1. The Kier molecular flexibility index (Phi) is 3.39. The highest BCUT2D eigenvalue weighted by Crippen LogP contribution is 2.30. The van der Waals surface area contributed by atoms with Crippen molar-refractivity contribution in [3.8, 4) is 0 Å². The molecule has 4 heterocycles. The van der Waals surface area contributed by atoms with Gasteiger partial charge in [-0.25, -0.2) is 9.97 Å². The van der Waals surface area contributed by atoms with E-state index in [0.717, 1.165) is 30.3 Å². The van der Waals surface area contributed by atoms with E-state index >= 15 is 0 Å². The normalized spacial score (nSPS) is 30.4. The molecule has 0 amide bonds. The molecule has 1 atom stereocenters. The van der Waals surface area contributed by atoms with E-state index in [4.69, 9.17) is 11.6 Å². The Morgan fingerprint density at radius 2 is 2.17 bits per heavy atom. The minimum absolute atomic E-state index is 0.517. The minimum Gasteiger partial charge on any atom is -0.365 e. The van der Waals surface area contributed by atoms with E-state index in [0.29, 0.717) is 11.2 Å². The van der Waals surface area contributed by atoms with Gasteiger partial charge in [-0.2, -0.15) is 0 Å². The lowest BCUT2D eigenvalue weighted by Crippen LogP contribution is -2.53. The number of halogens is 1. The molecular weight excluding hydrogens is 248 g/mol. The molecule has 1 unspecified atom stereocenters. The van der Waals surface area contributed by atoms with Crippen molar-refractivity contribution in [2.45, 2.75) is 32.2 Å². The molecule has 0 radical (unpaired) electrons. The number of nitrogens with zero attached hydrogens (tertiary/aromatic N) is 3. The summed E-state index contributed by atoms with van der Waals surface area (Å²) in [4.78, 5) is 11.0. The lowest BCUT2D eigenvalue weighted by molar-refractivity contribution is 0.0973. The van der Waals surface area contributed by atoms with Crippen LogP contribution in [0.1, 0.15) is 25.3 Å². The molecule has 5 heteroatoms. The zero-order chi connectivity index (χ0) is 12.5. The number of fused-ring (bicyclic) bond motifs is 3. The molecule has 1 aromatic rings. The van der Waals surface area contributed by atoms with E-state index in [1.54, 1.807) is 6.33 Å². The lowest BCUT2D eigenvalue weighted by atomic mass is 9.84. The molecule has 18 heavy (non-hydrogen) atoms. The van der Waals surface area contributed by atoms with Crippen molar-refractivity contribution in [2.24, 2.45) is 5.92 Å². The van der Waals surface area contributed by atoms with Crippen molar-refractivity contribution in [1.82, 2.24) is 14.9 Å². The maximum atomic E-state index is 6.12. The van der Waals surface area contributed by atoms with Gasteiger partial charge in [0.2, 0.25) is 0 Å². The maximum absolute atomic E-state index is 6.12. The topological polar surface area (TPSA) is 41.1 Å².